The molecule has 2 rings (SSSR count). The van der Waals surface area contributed by atoms with Gasteiger partial charge < -0.3 is 10.2 Å². The second-order valence-electron chi connectivity index (χ2n) is 6.01. The van der Waals surface area contributed by atoms with Gasteiger partial charge in [0.25, 0.3) is 0 Å². The van der Waals surface area contributed by atoms with E-state index < -0.39 is 0 Å². The monoisotopic (exact) mass is 304 g/mol. The number of nitrogens with one attached hydrogen (secondary N) is 1. The van der Waals surface area contributed by atoms with Gasteiger partial charge in [-0.15, -0.1) is 10.2 Å². The summed E-state index contributed by atoms with van der Waals surface area (Å²) in [6, 6.07) is 8.46. The van der Waals surface area contributed by atoms with Crippen LogP contribution >= 0.6 is 11.3 Å². The van der Waals surface area contributed by atoms with E-state index in [1.165, 1.54) is 5.69 Å². The molecule has 0 fully saturated rings. The molecule has 0 aliphatic carbocycles. The summed E-state index contributed by atoms with van der Waals surface area (Å²) in [6.45, 7) is 12.8. The Bertz CT molecular complexity index is 565. The van der Waals surface area contributed by atoms with Gasteiger partial charge in [-0.2, -0.15) is 0 Å². The van der Waals surface area contributed by atoms with Crippen molar-refractivity contribution in [2.24, 2.45) is 0 Å². The van der Waals surface area contributed by atoms with Gasteiger partial charge in [-0.25, -0.2) is 0 Å². The number of benzene rings is 1. The molecule has 1 heterocycles. The zero-order valence-corrected chi connectivity index (χ0v) is 14.3. The van der Waals surface area contributed by atoms with Crippen LogP contribution < -0.4 is 10.2 Å². The number of nitrogens with zero attached hydrogens (tertiary/aromatic N) is 3. The molecule has 0 aliphatic rings. The summed E-state index contributed by atoms with van der Waals surface area (Å²) in [7, 11) is 0. The lowest BCUT2D eigenvalue weighted by molar-refractivity contribution is 0.578. The van der Waals surface area contributed by atoms with Gasteiger partial charge in [0.15, 0.2) is 0 Å². The Hall–Kier alpha value is -1.62. The van der Waals surface area contributed by atoms with Crippen LogP contribution in [-0.2, 0) is 5.41 Å². The van der Waals surface area contributed by atoms with Crippen LogP contribution in [-0.4, -0.2) is 23.3 Å². The normalized spacial score (nSPS) is 11.5. The maximum absolute atomic E-state index is 4.25. The lowest BCUT2D eigenvalue weighted by atomic mass is 9.98. The van der Waals surface area contributed by atoms with E-state index in [1.54, 1.807) is 11.3 Å². The first-order valence-electron chi connectivity index (χ1n) is 7.40. The highest BCUT2D eigenvalue weighted by Crippen LogP contribution is 2.29. The first kappa shape index (κ1) is 15.8. The zero-order valence-electron chi connectivity index (χ0n) is 13.5. The fraction of sp³-hybridized carbons (Fsp3) is 0.500. The summed E-state index contributed by atoms with van der Waals surface area (Å²) < 4.78 is 0. The topological polar surface area (TPSA) is 41.0 Å². The average Bonchev–Trinajstić information content (AvgIpc) is 2.90. The number of hydrogen-bond donors (Lipinski definition) is 1. The highest BCUT2D eigenvalue weighted by atomic mass is 32.1. The fourth-order valence-electron chi connectivity index (χ4n) is 2.04. The quantitative estimate of drug-likeness (QED) is 0.887. The van der Waals surface area contributed by atoms with Gasteiger partial charge in [-0.05, 0) is 38.1 Å². The molecule has 1 N–H and O–H groups in total. The third-order valence-electron chi connectivity index (χ3n) is 3.31. The van der Waals surface area contributed by atoms with Crippen molar-refractivity contribution in [3.8, 4) is 0 Å². The molecule has 0 atom stereocenters. The molecule has 0 spiro atoms. The SMILES string of the molecule is CCN(CC)c1ccc(Nc2nnc(C(C)(C)C)s2)cc1. The number of rotatable bonds is 5. The van der Waals surface area contributed by atoms with E-state index >= 15 is 0 Å². The third kappa shape index (κ3) is 3.94. The Morgan fingerprint density at radius 2 is 1.67 bits per heavy atom. The molecule has 0 radical (unpaired) electrons. The molecular weight excluding hydrogens is 280 g/mol. The Kier molecular flexibility index (Phi) is 4.83. The molecule has 4 nitrogen and oxygen atoms in total. The number of aromatic nitrogens is 2. The van der Waals surface area contributed by atoms with E-state index in [-0.39, 0.29) is 5.41 Å². The Balaban J connectivity index is 2.08. The predicted molar refractivity (Wildman–Crippen MR) is 91.9 cm³/mol. The van der Waals surface area contributed by atoms with E-state index in [0.717, 1.165) is 28.9 Å². The van der Waals surface area contributed by atoms with Crippen molar-refractivity contribution in [2.75, 3.05) is 23.3 Å². The third-order valence-corrected chi connectivity index (χ3v) is 4.58. The van der Waals surface area contributed by atoms with Crippen molar-refractivity contribution < 1.29 is 0 Å². The van der Waals surface area contributed by atoms with Gasteiger partial charge in [-0.1, -0.05) is 32.1 Å². The molecule has 0 saturated carbocycles. The summed E-state index contributed by atoms with van der Waals surface area (Å²) in [5, 5.41) is 13.7. The number of hydrogen-bond acceptors (Lipinski definition) is 5. The van der Waals surface area contributed by atoms with E-state index in [0.29, 0.717) is 0 Å². The maximum atomic E-state index is 4.25. The fourth-order valence-corrected chi connectivity index (χ4v) is 2.87. The van der Waals surface area contributed by atoms with E-state index in [4.69, 9.17) is 0 Å². The van der Waals surface area contributed by atoms with Crippen LogP contribution in [0.15, 0.2) is 24.3 Å². The van der Waals surface area contributed by atoms with Gasteiger partial charge in [0, 0.05) is 29.9 Å². The van der Waals surface area contributed by atoms with Gasteiger partial charge in [-0.3, -0.25) is 0 Å². The lowest BCUT2D eigenvalue weighted by Gasteiger charge is -2.21. The molecule has 0 bridgehead atoms. The van der Waals surface area contributed by atoms with E-state index in [1.807, 2.05) is 0 Å². The van der Waals surface area contributed by atoms with Gasteiger partial charge in [0.05, 0.1) is 0 Å². The second-order valence-corrected chi connectivity index (χ2v) is 6.98. The molecule has 0 saturated heterocycles. The predicted octanol–water partition coefficient (Wildman–Crippen LogP) is 4.43. The summed E-state index contributed by atoms with van der Waals surface area (Å²) in [5.41, 5.74) is 2.34. The van der Waals surface area contributed by atoms with E-state index in [9.17, 15) is 0 Å². The van der Waals surface area contributed by atoms with Crippen LogP contribution in [0.5, 0.6) is 0 Å². The molecule has 0 unspecified atom stereocenters. The molecule has 5 heteroatoms. The Morgan fingerprint density at radius 3 is 2.14 bits per heavy atom. The van der Waals surface area contributed by atoms with Crippen LogP contribution in [0, 0.1) is 0 Å². The second kappa shape index (κ2) is 6.43. The van der Waals surface area contributed by atoms with Crippen molar-refractivity contribution in [1.82, 2.24) is 10.2 Å². The minimum atomic E-state index is 0.0458. The highest BCUT2D eigenvalue weighted by Gasteiger charge is 2.19. The summed E-state index contributed by atoms with van der Waals surface area (Å²) in [6.07, 6.45) is 0. The first-order chi connectivity index (χ1) is 9.94. The van der Waals surface area contributed by atoms with Gasteiger partial charge in [0.1, 0.15) is 5.01 Å². The Morgan fingerprint density at radius 1 is 1.05 bits per heavy atom. The maximum Gasteiger partial charge on any atom is 0.210 e. The molecule has 1 aromatic heterocycles. The average molecular weight is 304 g/mol. The lowest BCUT2D eigenvalue weighted by Crippen LogP contribution is -2.21. The van der Waals surface area contributed by atoms with Crippen LogP contribution in [0.2, 0.25) is 0 Å². The van der Waals surface area contributed by atoms with Crippen molar-refractivity contribution in [3.63, 3.8) is 0 Å². The van der Waals surface area contributed by atoms with Gasteiger partial charge >= 0.3 is 0 Å². The van der Waals surface area contributed by atoms with Crippen LogP contribution in [0.1, 0.15) is 39.6 Å². The van der Waals surface area contributed by atoms with Crippen molar-refractivity contribution in [2.45, 2.75) is 40.0 Å². The molecule has 0 aliphatic heterocycles. The molecule has 1 aromatic carbocycles. The van der Waals surface area contributed by atoms with Crippen molar-refractivity contribution in [3.05, 3.63) is 29.3 Å². The molecule has 2 aromatic rings. The van der Waals surface area contributed by atoms with Gasteiger partial charge in [0.2, 0.25) is 5.13 Å². The van der Waals surface area contributed by atoms with Crippen LogP contribution in [0.4, 0.5) is 16.5 Å². The molecular formula is C16H24N4S. The van der Waals surface area contributed by atoms with Crippen LogP contribution in [0.3, 0.4) is 0 Å². The highest BCUT2D eigenvalue weighted by molar-refractivity contribution is 7.15. The minimum absolute atomic E-state index is 0.0458. The Labute approximate surface area is 131 Å². The van der Waals surface area contributed by atoms with Crippen molar-refractivity contribution >= 4 is 27.8 Å². The molecule has 114 valence electrons. The smallest absolute Gasteiger partial charge is 0.210 e. The number of anilines is 3. The standard InChI is InChI=1S/C16H24N4S/c1-6-20(7-2)13-10-8-12(9-11-13)17-15-19-18-14(21-15)16(3,4)5/h8-11H,6-7H2,1-5H3,(H,17,19). The minimum Gasteiger partial charge on any atom is -0.372 e. The summed E-state index contributed by atoms with van der Waals surface area (Å²) in [5.74, 6) is 0. The molecule has 0 amide bonds. The zero-order chi connectivity index (χ0) is 15.5. The van der Waals surface area contributed by atoms with Crippen LogP contribution in [0.25, 0.3) is 0 Å². The van der Waals surface area contributed by atoms with Crippen molar-refractivity contribution in [1.29, 1.82) is 0 Å². The molecule has 21 heavy (non-hydrogen) atoms. The van der Waals surface area contributed by atoms with E-state index in [2.05, 4.69) is 79.3 Å². The first-order valence-corrected chi connectivity index (χ1v) is 8.21. The largest absolute Gasteiger partial charge is 0.372 e. The summed E-state index contributed by atoms with van der Waals surface area (Å²) >= 11 is 1.61. The summed E-state index contributed by atoms with van der Waals surface area (Å²) in [4.78, 5) is 2.33.